The van der Waals surface area contributed by atoms with E-state index in [9.17, 15) is 8.42 Å². The molecule has 0 radical (unpaired) electrons. The van der Waals surface area contributed by atoms with E-state index in [0.717, 1.165) is 11.3 Å². The third-order valence-electron chi connectivity index (χ3n) is 1.40. The molecule has 1 rings (SSSR count). The van der Waals surface area contributed by atoms with Gasteiger partial charge < -0.3 is 0 Å². The first-order valence-electron chi connectivity index (χ1n) is 3.60. The normalized spacial score (nSPS) is 11.8. The molecule has 0 amide bonds. The molecule has 0 fully saturated rings. The van der Waals surface area contributed by atoms with Gasteiger partial charge in [0.1, 0.15) is 4.21 Å². The molecular formula is C7H8BrClO2S2. The third kappa shape index (κ3) is 3.23. The molecule has 0 unspecified atom stereocenters. The van der Waals surface area contributed by atoms with E-state index in [4.69, 9.17) is 11.6 Å². The Morgan fingerprint density at radius 2 is 2.15 bits per heavy atom. The number of halogens is 2. The van der Waals surface area contributed by atoms with Crippen molar-refractivity contribution in [2.24, 2.45) is 0 Å². The van der Waals surface area contributed by atoms with Crippen molar-refractivity contribution in [3.63, 3.8) is 0 Å². The van der Waals surface area contributed by atoms with E-state index in [1.807, 2.05) is 0 Å². The highest BCUT2D eigenvalue weighted by Crippen LogP contribution is 2.26. The molecule has 0 aliphatic heterocycles. The summed E-state index contributed by atoms with van der Waals surface area (Å²) in [5, 5.41) is 0.700. The molecule has 0 saturated carbocycles. The lowest BCUT2D eigenvalue weighted by Gasteiger charge is -1.97. The first-order valence-corrected chi connectivity index (χ1v) is 7.57. The summed E-state index contributed by atoms with van der Waals surface area (Å²) in [6, 6.07) is 3.16. The van der Waals surface area contributed by atoms with Gasteiger partial charge in [-0.2, -0.15) is 0 Å². The van der Waals surface area contributed by atoms with Crippen LogP contribution in [0.5, 0.6) is 0 Å². The van der Waals surface area contributed by atoms with Crippen molar-refractivity contribution in [1.82, 2.24) is 0 Å². The van der Waals surface area contributed by atoms with Crippen LogP contribution in [0.4, 0.5) is 0 Å². The molecule has 0 aromatic carbocycles. The molecule has 0 aliphatic carbocycles. The second kappa shape index (κ2) is 4.77. The minimum Gasteiger partial charge on any atom is -0.223 e. The molecule has 1 aromatic rings. The Labute approximate surface area is 95.0 Å². The number of hydrogen-bond acceptors (Lipinski definition) is 3. The topological polar surface area (TPSA) is 34.1 Å². The van der Waals surface area contributed by atoms with Crippen LogP contribution in [-0.2, 0) is 9.84 Å². The molecular weight excluding hydrogens is 296 g/mol. The van der Waals surface area contributed by atoms with Crippen LogP contribution in [0.25, 0.3) is 0 Å². The molecule has 1 heterocycles. The molecule has 2 nitrogen and oxygen atoms in total. The van der Waals surface area contributed by atoms with Gasteiger partial charge in [0.25, 0.3) is 0 Å². The highest BCUT2D eigenvalue weighted by atomic mass is 79.9. The average Bonchev–Trinajstić information content (AvgIpc) is 2.49. The Bertz CT molecular complexity index is 372. The van der Waals surface area contributed by atoms with Crippen molar-refractivity contribution in [1.29, 1.82) is 0 Å². The van der Waals surface area contributed by atoms with Crippen molar-refractivity contribution >= 4 is 48.7 Å². The summed E-state index contributed by atoms with van der Waals surface area (Å²) < 4.78 is 23.9. The zero-order valence-electron chi connectivity index (χ0n) is 6.66. The fourth-order valence-corrected chi connectivity index (χ4v) is 4.40. The Hall–Kier alpha value is 0.420. The van der Waals surface area contributed by atoms with E-state index in [2.05, 4.69) is 15.9 Å². The lowest BCUT2D eigenvalue weighted by molar-refractivity contribution is 0.597. The summed E-state index contributed by atoms with van der Waals surface area (Å²) in [5.74, 6) is 0.176. The SMILES string of the molecule is O=S(=O)(CCCBr)c1ccc(Cl)s1. The summed E-state index contributed by atoms with van der Waals surface area (Å²) in [5.41, 5.74) is 0. The smallest absolute Gasteiger partial charge is 0.187 e. The molecule has 0 bridgehead atoms. The van der Waals surface area contributed by atoms with Crippen molar-refractivity contribution in [3.8, 4) is 0 Å². The first-order chi connectivity index (χ1) is 6.06. The highest BCUT2D eigenvalue weighted by molar-refractivity contribution is 9.09. The fourth-order valence-electron chi connectivity index (χ4n) is 0.810. The molecule has 74 valence electrons. The van der Waals surface area contributed by atoms with Crippen LogP contribution in [0.1, 0.15) is 6.42 Å². The second-order valence-corrected chi connectivity index (χ2v) is 7.26. The predicted octanol–water partition coefficient (Wildman–Crippen LogP) is 2.96. The number of rotatable bonds is 4. The molecule has 0 saturated heterocycles. The maximum atomic E-state index is 11.5. The Morgan fingerprint density at radius 3 is 2.62 bits per heavy atom. The van der Waals surface area contributed by atoms with Gasteiger partial charge in [-0.3, -0.25) is 0 Å². The van der Waals surface area contributed by atoms with Crippen LogP contribution >= 0.6 is 38.9 Å². The van der Waals surface area contributed by atoms with E-state index in [1.165, 1.54) is 0 Å². The van der Waals surface area contributed by atoms with Gasteiger partial charge in [0.15, 0.2) is 9.84 Å². The molecule has 13 heavy (non-hydrogen) atoms. The van der Waals surface area contributed by atoms with Crippen LogP contribution < -0.4 is 0 Å². The summed E-state index contributed by atoms with van der Waals surface area (Å²) in [4.78, 5) is 0. The predicted molar refractivity (Wildman–Crippen MR) is 59.8 cm³/mol. The monoisotopic (exact) mass is 302 g/mol. The Kier molecular flexibility index (Phi) is 4.22. The zero-order chi connectivity index (χ0) is 9.90. The van der Waals surface area contributed by atoms with Gasteiger partial charge in [0, 0.05) is 5.33 Å². The van der Waals surface area contributed by atoms with Gasteiger partial charge in [0.2, 0.25) is 0 Å². The molecule has 6 heteroatoms. The molecule has 0 N–H and O–H groups in total. The summed E-state index contributed by atoms with van der Waals surface area (Å²) in [7, 11) is -3.10. The minimum atomic E-state index is -3.10. The van der Waals surface area contributed by atoms with Gasteiger partial charge in [-0.15, -0.1) is 11.3 Å². The van der Waals surface area contributed by atoms with Gasteiger partial charge in [-0.1, -0.05) is 27.5 Å². The van der Waals surface area contributed by atoms with Crippen molar-refractivity contribution in [2.75, 3.05) is 11.1 Å². The van der Waals surface area contributed by atoms with Crippen LogP contribution in [-0.4, -0.2) is 19.5 Å². The Morgan fingerprint density at radius 1 is 1.46 bits per heavy atom. The average molecular weight is 304 g/mol. The van der Waals surface area contributed by atoms with E-state index < -0.39 is 9.84 Å². The maximum absolute atomic E-state index is 11.5. The van der Waals surface area contributed by atoms with E-state index in [0.29, 0.717) is 20.3 Å². The van der Waals surface area contributed by atoms with Crippen molar-refractivity contribution in [3.05, 3.63) is 16.5 Å². The van der Waals surface area contributed by atoms with E-state index >= 15 is 0 Å². The maximum Gasteiger partial charge on any atom is 0.187 e. The second-order valence-electron chi connectivity index (χ2n) is 2.42. The van der Waals surface area contributed by atoms with Gasteiger partial charge >= 0.3 is 0 Å². The standard InChI is InChI=1S/C7H8BrClO2S2/c8-4-1-5-13(10,11)7-3-2-6(9)12-7/h2-3H,1,4-5H2. The number of sulfone groups is 1. The number of alkyl halides is 1. The summed E-state index contributed by atoms with van der Waals surface area (Å²) in [6.45, 7) is 0. The zero-order valence-corrected chi connectivity index (χ0v) is 10.6. The molecule has 0 spiro atoms. The summed E-state index contributed by atoms with van der Waals surface area (Å²) in [6.07, 6.45) is 0.623. The van der Waals surface area contributed by atoms with Gasteiger partial charge in [-0.05, 0) is 18.6 Å². The van der Waals surface area contributed by atoms with Gasteiger partial charge in [-0.25, -0.2) is 8.42 Å². The van der Waals surface area contributed by atoms with Crippen molar-refractivity contribution < 1.29 is 8.42 Å². The van der Waals surface area contributed by atoms with E-state index in [-0.39, 0.29) is 5.75 Å². The van der Waals surface area contributed by atoms with Crippen LogP contribution in [0.15, 0.2) is 16.3 Å². The molecule has 1 aromatic heterocycles. The lowest BCUT2D eigenvalue weighted by Crippen LogP contribution is -2.04. The fraction of sp³-hybridized carbons (Fsp3) is 0.429. The van der Waals surface area contributed by atoms with Crippen LogP contribution in [0.2, 0.25) is 4.34 Å². The Balaban J connectivity index is 2.82. The largest absolute Gasteiger partial charge is 0.223 e. The quantitative estimate of drug-likeness (QED) is 0.801. The molecule has 0 aliphatic rings. The van der Waals surface area contributed by atoms with E-state index in [1.54, 1.807) is 12.1 Å². The number of thiophene rings is 1. The third-order valence-corrected chi connectivity index (χ3v) is 5.58. The number of hydrogen-bond donors (Lipinski definition) is 0. The lowest BCUT2D eigenvalue weighted by atomic mass is 10.6. The van der Waals surface area contributed by atoms with Crippen molar-refractivity contribution in [2.45, 2.75) is 10.6 Å². The highest BCUT2D eigenvalue weighted by Gasteiger charge is 2.15. The van der Waals surface area contributed by atoms with Crippen LogP contribution in [0.3, 0.4) is 0 Å². The van der Waals surface area contributed by atoms with Gasteiger partial charge in [0.05, 0.1) is 10.1 Å². The minimum absolute atomic E-state index is 0.176. The summed E-state index contributed by atoms with van der Waals surface area (Å²) >= 11 is 9.95. The van der Waals surface area contributed by atoms with Crippen LogP contribution in [0, 0.1) is 0 Å². The molecule has 0 atom stereocenters. The first kappa shape index (κ1) is 11.5.